The fraction of sp³-hybridized carbons (Fsp3) is 0.320. The Bertz CT molecular complexity index is 1500. The Kier molecular flexibility index (Phi) is 7.77. The lowest BCUT2D eigenvalue weighted by molar-refractivity contribution is -0.123. The van der Waals surface area contributed by atoms with Gasteiger partial charge in [0, 0.05) is 31.4 Å². The smallest absolute Gasteiger partial charge is 0.252 e. The van der Waals surface area contributed by atoms with E-state index in [9.17, 15) is 13.2 Å². The molecule has 0 aliphatic carbocycles. The van der Waals surface area contributed by atoms with Crippen molar-refractivity contribution >= 4 is 65.6 Å². The van der Waals surface area contributed by atoms with E-state index in [1.54, 1.807) is 23.4 Å². The normalized spacial score (nSPS) is 15.2. The number of amides is 1. The van der Waals surface area contributed by atoms with Crippen LogP contribution in [-0.2, 0) is 21.4 Å². The van der Waals surface area contributed by atoms with Crippen LogP contribution >= 0.6 is 34.3 Å². The van der Waals surface area contributed by atoms with Gasteiger partial charge in [-0.3, -0.25) is 14.7 Å². The van der Waals surface area contributed by atoms with E-state index in [0.29, 0.717) is 35.5 Å². The molecule has 1 aliphatic rings. The minimum Gasteiger partial charge on any atom is -0.494 e. The van der Waals surface area contributed by atoms with Crippen molar-refractivity contribution in [3.05, 3.63) is 64.8 Å². The van der Waals surface area contributed by atoms with Gasteiger partial charge in [0.1, 0.15) is 9.96 Å². The van der Waals surface area contributed by atoms with Gasteiger partial charge in [0.2, 0.25) is 5.91 Å². The number of carbonyl (C=O) groups excluding carboxylic acids is 1. The fourth-order valence-corrected chi connectivity index (χ4v) is 8.41. The van der Waals surface area contributed by atoms with Crippen LogP contribution in [0.5, 0.6) is 5.75 Å². The molecule has 8 nitrogen and oxygen atoms in total. The lowest BCUT2D eigenvalue weighted by Gasteiger charge is -2.32. The number of thiazole rings is 1. The number of aromatic nitrogens is 2. The molecule has 37 heavy (non-hydrogen) atoms. The number of benzene rings is 1. The Morgan fingerprint density at radius 2 is 2.00 bits per heavy atom. The summed E-state index contributed by atoms with van der Waals surface area (Å²) in [6, 6.07) is 12.6. The minimum atomic E-state index is -3.63. The predicted octanol–water partition coefficient (Wildman–Crippen LogP) is 5.44. The zero-order valence-electron chi connectivity index (χ0n) is 20.0. The van der Waals surface area contributed by atoms with Gasteiger partial charge in [-0.2, -0.15) is 4.31 Å². The van der Waals surface area contributed by atoms with E-state index in [2.05, 4.69) is 4.98 Å². The molecule has 0 atom stereocenters. The first-order valence-corrected chi connectivity index (χ1v) is 15.3. The Labute approximate surface area is 228 Å². The van der Waals surface area contributed by atoms with Gasteiger partial charge in [-0.1, -0.05) is 29.0 Å². The Hall–Kier alpha value is -2.57. The molecule has 1 fully saturated rings. The maximum Gasteiger partial charge on any atom is 0.252 e. The fourth-order valence-electron chi connectivity index (χ4n) is 4.31. The molecule has 4 aromatic rings. The van der Waals surface area contributed by atoms with Crippen molar-refractivity contribution in [3.8, 4) is 5.75 Å². The summed E-state index contributed by atoms with van der Waals surface area (Å²) < 4.78 is 34.7. The SMILES string of the molecule is CCOc1ccc2nc(N(Cc3cccnc3)C(=O)C3CCN(S(=O)(=O)c4ccc(Cl)s4)CC3)sc2c1. The summed E-state index contributed by atoms with van der Waals surface area (Å²) in [4.78, 5) is 24.5. The van der Waals surface area contributed by atoms with E-state index < -0.39 is 10.0 Å². The number of ether oxygens (including phenoxy) is 1. The second-order valence-corrected chi connectivity index (χ2v) is 13.5. The maximum absolute atomic E-state index is 13.8. The first-order chi connectivity index (χ1) is 17.8. The minimum absolute atomic E-state index is 0.0656. The number of carbonyl (C=O) groups is 1. The number of hydrogen-bond acceptors (Lipinski definition) is 8. The van der Waals surface area contributed by atoms with Gasteiger partial charge >= 0.3 is 0 Å². The first-order valence-electron chi connectivity index (χ1n) is 11.8. The second kappa shape index (κ2) is 11.0. The summed E-state index contributed by atoms with van der Waals surface area (Å²) in [5, 5.41) is 0.598. The number of piperidine rings is 1. The number of rotatable bonds is 8. The van der Waals surface area contributed by atoms with Gasteiger partial charge in [0.25, 0.3) is 10.0 Å². The molecule has 12 heteroatoms. The molecule has 0 bridgehead atoms. The molecule has 0 saturated carbocycles. The highest BCUT2D eigenvalue weighted by atomic mass is 35.5. The molecule has 4 heterocycles. The van der Waals surface area contributed by atoms with Crippen molar-refractivity contribution in [3.63, 3.8) is 0 Å². The Morgan fingerprint density at radius 3 is 2.68 bits per heavy atom. The van der Waals surface area contributed by atoms with Gasteiger partial charge < -0.3 is 4.74 Å². The summed E-state index contributed by atoms with van der Waals surface area (Å²) in [6.45, 7) is 3.37. The van der Waals surface area contributed by atoms with Crippen molar-refractivity contribution in [1.29, 1.82) is 0 Å². The number of sulfonamides is 1. The van der Waals surface area contributed by atoms with Gasteiger partial charge in [-0.25, -0.2) is 13.4 Å². The van der Waals surface area contributed by atoms with Crippen LogP contribution in [-0.4, -0.2) is 48.3 Å². The molecular weight excluding hydrogens is 552 g/mol. The average molecular weight is 577 g/mol. The monoisotopic (exact) mass is 576 g/mol. The largest absolute Gasteiger partial charge is 0.494 e. The molecule has 5 rings (SSSR count). The summed E-state index contributed by atoms with van der Waals surface area (Å²) in [5.41, 5.74) is 1.68. The molecular formula is C25H25ClN4O4S3. The van der Waals surface area contributed by atoms with Crippen LogP contribution in [0.4, 0.5) is 5.13 Å². The highest BCUT2D eigenvalue weighted by Crippen LogP contribution is 2.35. The molecule has 3 aromatic heterocycles. The number of pyridine rings is 1. The molecule has 1 saturated heterocycles. The summed E-state index contributed by atoms with van der Waals surface area (Å²) in [6.07, 6.45) is 4.29. The van der Waals surface area contributed by atoms with Crippen molar-refractivity contribution < 1.29 is 17.9 Å². The van der Waals surface area contributed by atoms with Crippen molar-refractivity contribution in [2.75, 3.05) is 24.6 Å². The molecule has 1 aliphatic heterocycles. The number of halogens is 1. The molecule has 1 amide bonds. The summed E-state index contributed by atoms with van der Waals surface area (Å²) >= 11 is 8.43. The van der Waals surface area contributed by atoms with E-state index in [1.807, 2.05) is 37.3 Å². The molecule has 0 unspecified atom stereocenters. The molecule has 0 spiro atoms. The predicted molar refractivity (Wildman–Crippen MR) is 147 cm³/mol. The van der Waals surface area contributed by atoms with E-state index in [4.69, 9.17) is 21.3 Å². The quantitative estimate of drug-likeness (QED) is 0.277. The highest BCUT2D eigenvalue weighted by Gasteiger charge is 2.35. The number of fused-ring (bicyclic) bond motifs is 1. The summed E-state index contributed by atoms with van der Waals surface area (Å²) in [5.74, 6) is 0.376. The van der Waals surface area contributed by atoms with Crippen molar-refractivity contribution in [2.24, 2.45) is 5.92 Å². The van der Waals surface area contributed by atoms with Gasteiger partial charge in [0.05, 0.1) is 27.7 Å². The molecule has 194 valence electrons. The number of thiophene rings is 1. The summed E-state index contributed by atoms with van der Waals surface area (Å²) in [7, 11) is -3.63. The van der Waals surface area contributed by atoms with Crippen LogP contribution in [0.3, 0.4) is 0 Å². The Balaban J connectivity index is 1.37. The molecule has 1 aromatic carbocycles. The van der Waals surface area contributed by atoms with E-state index in [1.165, 1.54) is 21.7 Å². The van der Waals surface area contributed by atoms with Crippen LogP contribution in [0.25, 0.3) is 10.2 Å². The number of anilines is 1. The van der Waals surface area contributed by atoms with Gasteiger partial charge in [-0.05, 0) is 61.7 Å². The first kappa shape index (κ1) is 26.1. The number of nitrogens with zero attached hydrogens (tertiary/aromatic N) is 4. The standard InChI is InChI=1S/C25H25ClN4O4S3/c1-2-34-19-5-6-20-21(14-19)35-25(28-20)30(16-17-4-3-11-27-15-17)24(31)18-9-12-29(13-10-18)37(32,33)23-8-7-22(26)36-23/h3-8,11,14-15,18H,2,9-10,12-13,16H2,1H3. The topological polar surface area (TPSA) is 92.7 Å². The lowest BCUT2D eigenvalue weighted by atomic mass is 9.96. The third-order valence-electron chi connectivity index (χ3n) is 6.17. The second-order valence-electron chi connectivity index (χ2n) is 8.58. The highest BCUT2D eigenvalue weighted by molar-refractivity contribution is 7.91. The maximum atomic E-state index is 13.8. The molecule has 0 radical (unpaired) electrons. The van der Waals surface area contributed by atoms with Crippen LogP contribution < -0.4 is 9.64 Å². The third kappa shape index (κ3) is 5.65. The van der Waals surface area contributed by atoms with E-state index in [0.717, 1.165) is 32.9 Å². The molecule has 0 N–H and O–H groups in total. The van der Waals surface area contributed by atoms with Gasteiger partial charge in [-0.15, -0.1) is 11.3 Å². The third-order valence-corrected chi connectivity index (χ3v) is 10.8. The van der Waals surface area contributed by atoms with Crippen LogP contribution in [0.1, 0.15) is 25.3 Å². The zero-order chi connectivity index (χ0) is 26.0. The average Bonchev–Trinajstić information content (AvgIpc) is 3.54. The van der Waals surface area contributed by atoms with Crippen molar-refractivity contribution in [1.82, 2.24) is 14.3 Å². The number of hydrogen-bond donors (Lipinski definition) is 0. The van der Waals surface area contributed by atoms with Crippen LogP contribution in [0.2, 0.25) is 4.34 Å². The van der Waals surface area contributed by atoms with Crippen LogP contribution in [0, 0.1) is 5.92 Å². The van der Waals surface area contributed by atoms with Crippen LogP contribution in [0.15, 0.2) is 59.1 Å². The van der Waals surface area contributed by atoms with Gasteiger partial charge in [0.15, 0.2) is 5.13 Å². The van der Waals surface area contributed by atoms with E-state index >= 15 is 0 Å². The van der Waals surface area contributed by atoms with E-state index in [-0.39, 0.29) is 29.1 Å². The Morgan fingerprint density at radius 1 is 1.19 bits per heavy atom. The zero-order valence-corrected chi connectivity index (χ0v) is 23.2. The lowest BCUT2D eigenvalue weighted by Crippen LogP contribution is -2.44. The van der Waals surface area contributed by atoms with Crippen molar-refractivity contribution in [2.45, 2.75) is 30.5 Å².